The number of aromatic nitrogens is 1. The number of carbonyl (C=O) groups is 1. The van der Waals surface area contributed by atoms with Crippen molar-refractivity contribution in [3.63, 3.8) is 0 Å². The van der Waals surface area contributed by atoms with Gasteiger partial charge >= 0.3 is 5.76 Å². The molecule has 20 heavy (non-hydrogen) atoms. The average Bonchev–Trinajstić information content (AvgIpc) is 2.73. The summed E-state index contributed by atoms with van der Waals surface area (Å²) in [6.45, 7) is 1.88. The summed E-state index contributed by atoms with van der Waals surface area (Å²) in [4.78, 5) is 24.3. The quantitative estimate of drug-likeness (QED) is 0.690. The van der Waals surface area contributed by atoms with E-state index in [0.29, 0.717) is 21.7 Å². The third kappa shape index (κ3) is 2.04. The molecule has 5 heteroatoms. The molecule has 0 radical (unpaired) electrons. The molecule has 0 fully saturated rings. The van der Waals surface area contributed by atoms with Crippen LogP contribution in [0.1, 0.15) is 15.9 Å². The molecule has 0 saturated carbocycles. The van der Waals surface area contributed by atoms with Crippen LogP contribution in [-0.2, 0) is 0 Å². The summed E-state index contributed by atoms with van der Waals surface area (Å²) in [5.41, 5.74) is 2.08. The van der Waals surface area contributed by atoms with Crippen molar-refractivity contribution in [3.8, 4) is 0 Å². The van der Waals surface area contributed by atoms with Gasteiger partial charge in [-0.3, -0.25) is 4.79 Å². The number of hydrogen-bond acceptors (Lipinski definition) is 3. The molecule has 3 aromatic rings. The number of benzene rings is 2. The summed E-state index contributed by atoms with van der Waals surface area (Å²) in [5.74, 6) is -1.13. The van der Waals surface area contributed by atoms with E-state index in [1.54, 1.807) is 30.3 Å². The van der Waals surface area contributed by atoms with Crippen molar-refractivity contribution in [1.29, 1.82) is 0 Å². The number of hydrogen-bond donors (Lipinski definition) is 0. The Labute approximate surface area is 119 Å². The Morgan fingerprint density at radius 3 is 2.75 bits per heavy atom. The molecular weight excluding hydrogens is 278 g/mol. The number of oxazole rings is 1. The SMILES string of the molecule is Cc1cccc(C(=O)n2c(=O)oc3cc(Cl)ccc32)c1. The molecule has 0 aliphatic heterocycles. The third-order valence-corrected chi connectivity index (χ3v) is 3.25. The van der Waals surface area contributed by atoms with Crippen LogP contribution in [-0.4, -0.2) is 10.5 Å². The minimum atomic E-state index is -0.714. The van der Waals surface area contributed by atoms with Crippen LogP contribution in [0, 0.1) is 6.92 Å². The second kappa shape index (κ2) is 4.65. The Morgan fingerprint density at radius 2 is 2.00 bits per heavy atom. The van der Waals surface area contributed by atoms with Crippen molar-refractivity contribution < 1.29 is 9.21 Å². The van der Waals surface area contributed by atoms with E-state index >= 15 is 0 Å². The zero-order valence-electron chi connectivity index (χ0n) is 10.6. The van der Waals surface area contributed by atoms with Crippen LogP contribution < -0.4 is 5.76 Å². The van der Waals surface area contributed by atoms with Crippen LogP contribution >= 0.6 is 11.6 Å². The Hall–Kier alpha value is -2.33. The molecule has 0 bridgehead atoms. The van der Waals surface area contributed by atoms with Crippen molar-refractivity contribution in [3.05, 3.63) is 69.2 Å². The number of fused-ring (bicyclic) bond motifs is 1. The maximum Gasteiger partial charge on any atom is 0.427 e. The molecule has 100 valence electrons. The topological polar surface area (TPSA) is 52.2 Å². The van der Waals surface area contributed by atoms with Crippen LogP contribution in [0.25, 0.3) is 11.1 Å². The van der Waals surface area contributed by atoms with Crippen molar-refractivity contribution >= 4 is 28.6 Å². The highest BCUT2D eigenvalue weighted by molar-refractivity contribution is 6.31. The smallest absolute Gasteiger partial charge is 0.407 e. The minimum Gasteiger partial charge on any atom is -0.407 e. The monoisotopic (exact) mass is 287 g/mol. The van der Waals surface area contributed by atoms with E-state index < -0.39 is 11.7 Å². The zero-order chi connectivity index (χ0) is 14.3. The van der Waals surface area contributed by atoms with E-state index in [2.05, 4.69) is 0 Å². The maximum atomic E-state index is 12.4. The van der Waals surface area contributed by atoms with Gasteiger partial charge < -0.3 is 4.42 Å². The molecule has 1 heterocycles. The van der Waals surface area contributed by atoms with Gasteiger partial charge in [0, 0.05) is 16.7 Å². The first-order valence-corrected chi connectivity index (χ1v) is 6.36. The second-order valence-electron chi connectivity index (χ2n) is 4.49. The molecule has 0 N–H and O–H groups in total. The van der Waals surface area contributed by atoms with Gasteiger partial charge in [0.1, 0.15) is 0 Å². The number of nitrogens with zero attached hydrogens (tertiary/aromatic N) is 1. The lowest BCUT2D eigenvalue weighted by Crippen LogP contribution is -2.23. The first kappa shape index (κ1) is 12.7. The standard InChI is InChI=1S/C15H10ClNO3/c1-9-3-2-4-10(7-9)14(18)17-12-6-5-11(16)8-13(12)20-15(17)19/h2-8H,1H3. The highest BCUT2D eigenvalue weighted by Gasteiger charge is 2.17. The molecule has 4 nitrogen and oxygen atoms in total. The van der Waals surface area contributed by atoms with Gasteiger partial charge in [0.05, 0.1) is 5.52 Å². The average molecular weight is 288 g/mol. The Balaban J connectivity index is 2.22. The Bertz CT molecular complexity index is 876. The van der Waals surface area contributed by atoms with Gasteiger partial charge in [-0.05, 0) is 31.2 Å². The normalized spacial score (nSPS) is 10.9. The minimum absolute atomic E-state index is 0.295. The zero-order valence-corrected chi connectivity index (χ0v) is 11.3. The van der Waals surface area contributed by atoms with Crippen LogP contribution in [0.3, 0.4) is 0 Å². The number of halogens is 1. The summed E-state index contributed by atoms with van der Waals surface area (Å²) in [5, 5.41) is 0.446. The second-order valence-corrected chi connectivity index (χ2v) is 4.93. The first-order valence-electron chi connectivity index (χ1n) is 5.99. The van der Waals surface area contributed by atoms with Crippen molar-refractivity contribution in [2.75, 3.05) is 0 Å². The molecule has 0 atom stereocenters. The fourth-order valence-corrected chi connectivity index (χ4v) is 2.25. The lowest BCUT2D eigenvalue weighted by molar-refractivity contribution is 0.0956. The van der Waals surface area contributed by atoms with Gasteiger partial charge in [-0.1, -0.05) is 29.3 Å². The lowest BCUT2D eigenvalue weighted by atomic mass is 10.1. The predicted octanol–water partition coefficient (Wildman–Crippen LogP) is 3.24. The fraction of sp³-hybridized carbons (Fsp3) is 0.0667. The van der Waals surface area contributed by atoms with Gasteiger partial charge in [0.2, 0.25) is 0 Å². The molecule has 1 aromatic heterocycles. The predicted molar refractivity (Wildman–Crippen MR) is 76.4 cm³/mol. The molecule has 0 unspecified atom stereocenters. The number of aryl methyl sites for hydroxylation is 1. The summed E-state index contributed by atoms with van der Waals surface area (Å²) < 4.78 is 6.07. The molecule has 3 rings (SSSR count). The molecule has 0 aliphatic rings. The van der Waals surface area contributed by atoms with E-state index in [9.17, 15) is 9.59 Å². The van der Waals surface area contributed by atoms with Crippen LogP contribution in [0.4, 0.5) is 0 Å². The van der Waals surface area contributed by atoms with E-state index in [0.717, 1.165) is 10.1 Å². The molecule has 0 saturated heterocycles. The van der Waals surface area contributed by atoms with Crippen molar-refractivity contribution in [2.24, 2.45) is 0 Å². The lowest BCUT2D eigenvalue weighted by Gasteiger charge is -2.02. The van der Waals surface area contributed by atoms with Gasteiger partial charge in [-0.15, -0.1) is 0 Å². The highest BCUT2D eigenvalue weighted by atomic mass is 35.5. The van der Waals surface area contributed by atoms with Crippen molar-refractivity contribution in [2.45, 2.75) is 6.92 Å². The molecule has 0 amide bonds. The van der Waals surface area contributed by atoms with Gasteiger partial charge in [0.25, 0.3) is 5.91 Å². The maximum absolute atomic E-state index is 12.4. The summed E-state index contributed by atoms with van der Waals surface area (Å²) in [7, 11) is 0. The third-order valence-electron chi connectivity index (χ3n) is 3.01. The van der Waals surface area contributed by atoms with Crippen molar-refractivity contribution in [1.82, 2.24) is 4.57 Å². The molecule has 0 spiro atoms. The molecule has 0 aliphatic carbocycles. The largest absolute Gasteiger partial charge is 0.427 e. The van der Waals surface area contributed by atoms with E-state index in [1.165, 1.54) is 6.07 Å². The van der Waals surface area contributed by atoms with Crippen LogP contribution in [0.15, 0.2) is 51.7 Å². The van der Waals surface area contributed by atoms with E-state index in [1.807, 2.05) is 13.0 Å². The Morgan fingerprint density at radius 1 is 1.20 bits per heavy atom. The fourth-order valence-electron chi connectivity index (χ4n) is 2.09. The van der Waals surface area contributed by atoms with Gasteiger partial charge in [-0.2, -0.15) is 0 Å². The highest BCUT2D eigenvalue weighted by Crippen LogP contribution is 2.19. The summed E-state index contributed by atoms with van der Waals surface area (Å²) >= 11 is 5.84. The van der Waals surface area contributed by atoms with Crippen LogP contribution in [0.5, 0.6) is 0 Å². The Kier molecular flexibility index (Phi) is 2.95. The van der Waals surface area contributed by atoms with Gasteiger partial charge in [-0.25, -0.2) is 9.36 Å². The molecular formula is C15H10ClNO3. The summed E-state index contributed by atoms with van der Waals surface area (Å²) in [6, 6.07) is 11.8. The molecule has 2 aromatic carbocycles. The number of rotatable bonds is 1. The number of carbonyl (C=O) groups excluding carboxylic acids is 1. The van der Waals surface area contributed by atoms with Gasteiger partial charge in [0.15, 0.2) is 5.58 Å². The first-order chi connectivity index (χ1) is 9.56. The van der Waals surface area contributed by atoms with E-state index in [4.69, 9.17) is 16.0 Å². The van der Waals surface area contributed by atoms with Crippen LogP contribution in [0.2, 0.25) is 5.02 Å². The van der Waals surface area contributed by atoms with E-state index in [-0.39, 0.29) is 0 Å². The summed E-state index contributed by atoms with van der Waals surface area (Å²) in [6.07, 6.45) is 0.